The molecule has 0 aliphatic carbocycles. The Morgan fingerprint density at radius 2 is 1.55 bits per heavy atom. The van der Waals surface area contributed by atoms with Crippen molar-refractivity contribution in [3.8, 4) is 22.4 Å². The van der Waals surface area contributed by atoms with Gasteiger partial charge in [0.05, 0.1) is 5.69 Å². The fourth-order valence-electron chi connectivity index (χ4n) is 3.76. The highest BCUT2D eigenvalue weighted by atomic mass is 19.1. The van der Waals surface area contributed by atoms with Gasteiger partial charge in [0.15, 0.2) is 0 Å². The molecule has 1 aliphatic rings. The van der Waals surface area contributed by atoms with Crippen LogP contribution in [-0.4, -0.2) is 29.1 Å². The molecule has 29 heavy (non-hydrogen) atoms. The Labute approximate surface area is 167 Å². The number of anilines is 1. The zero-order valence-corrected chi connectivity index (χ0v) is 15.8. The van der Waals surface area contributed by atoms with Crippen molar-refractivity contribution in [3.63, 3.8) is 0 Å². The maximum absolute atomic E-state index is 13.4. The number of aromatic nitrogens is 1. The predicted molar refractivity (Wildman–Crippen MR) is 111 cm³/mol. The van der Waals surface area contributed by atoms with Crippen molar-refractivity contribution in [2.45, 2.75) is 19.3 Å². The summed E-state index contributed by atoms with van der Waals surface area (Å²) in [5.74, 6) is -1.69. The maximum Gasteiger partial charge on any atom is 0.341 e. The maximum atomic E-state index is 13.4. The number of piperidine rings is 1. The molecule has 3 aromatic rings. The number of benzene rings is 2. The molecule has 1 aliphatic heterocycles. The van der Waals surface area contributed by atoms with Gasteiger partial charge < -0.3 is 15.0 Å². The van der Waals surface area contributed by atoms with Crippen molar-refractivity contribution >= 4 is 11.7 Å². The van der Waals surface area contributed by atoms with E-state index < -0.39 is 11.5 Å². The molecule has 0 saturated carbocycles. The number of carbonyl (C=O) groups is 1. The lowest BCUT2D eigenvalue weighted by Crippen LogP contribution is -2.29. The first-order valence-corrected chi connectivity index (χ1v) is 9.65. The highest BCUT2D eigenvalue weighted by molar-refractivity contribution is 5.91. The van der Waals surface area contributed by atoms with E-state index in [2.05, 4.69) is 9.88 Å². The van der Waals surface area contributed by atoms with Crippen LogP contribution < -0.4 is 10.5 Å². The molecule has 148 valence electrons. The lowest BCUT2D eigenvalue weighted by molar-refractivity contribution is 0.0695. The third-order valence-electron chi connectivity index (χ3n) is 5.30. The van der Waals surface area contributed by atoms with Crippen molar-refractivity contribution in [3.05, 3.63) is 76.3 Å². The van der Waals surface area contributed by atoms with Crippen LogP contribution in [0.1, 0.15) is 29.6 Å². The number of nitrogens with one attached hydrogen (secondary N) is 1. The van der Waals surface area contributed by atoms with Gasteiger partial charge >= 0.3 is 5.97 Å². The van der Waals surface area contributed by atoms with Crippen LogP contribution in [0.3, 0.4) is 0 Å². The van der Waals surface area contributed by atoms with Crippen LogP contribution in [0, 0.1) is 5.82 Å². The van der Waals surface area contributed by atoms with E-state index in [0.29, 0.717) is 16.8 Å². The zero-order valence-electron chi connectivity index (χ0n) is 15.8. The summed E-state index contributed by atoms with van der Waals surface area (Å²) in [6.07, 6.45) is 3.62. The number of rotatable bonds is 4. The minimum atomic E-state index is -1.30. The molecule has 1 fully saturated rings. The van der Waals surface area contributed by atoms with Gasteiger partial charge in [-0.1, -0.05) is 24.3 Å². The van der Waals surface area contributed by atoms with E-state index in [4.69, 9.17) is 0 Å². The van der Waals surface area contributed by atoms with Crippen LogP contribution >= 0.6 is 0 Å². The molecule has 1 aromatic heterocycles. The summed E-state index contributed by atoms with van der Waals surface area (Å²) in [5, 5.41) is 9.34. The smallest absolute Gasteiger partial charge is 0.341 e. The SMILES string of the molecule is O=C(O)c1cc(-c2ccc(F)cc2)c(-c2ccc(N3CCCCC3)cc2)[nH]c1=O. The third kappa shape index (κ3) is 3.92. The Hall–Kier alpha value is -3.41. The summed E-state index contributed by atoms with van der Waals surface area (Å²) < 4.78 is 13.4. The molecular weight excluding hydrogens is 371 g/mol. The number of H-pyrrole nitrogens is 1. The van der Waals surface area contributed by atoms with Crippen molar-refractivity contribution in [2.24, 2.45) is 0 Å². The highest BCUT2D eigenvalue weighted by Crippen LogP contribution is 2.32. The van der Waals surface area contributed by atoms with Gasteiger partial charge in [-0.15, -0.1) is 0 Å². The van der Waals surface area contributed by atoms with Gasteiger partial charge in [-0.3, -0.25) is 4.79 Å². The summed E-state index contributed by atoms with van der Waals surface area (Å²) in [7, 11) is 0. The molecule has 0 spiro atoms. The summed E-state index contributed by atoms with van der Waals surface area (Å²) in [6, 6.07) is 15.0. The van der Waals surface area contributed by atoms with Crippen molar-refractivity contribution in [2.75, 3.05) is 18.0 Å². The molecule has 0 bridgehead atoms. The zero-order chi connectivity index (χ0) is 20.4. The van der Waals surface area contributed by atoms with E-state index >= 15 is 0 Å². The summed E-state index contributed by atoms with van der Waals surface area (Å²) in [6.45, 7) is 2.06. The number of aromatic carboxylic acids is 1. The number of nitrogens with zero attached hydrogens (tertiary/aromatic N) is 1. The van der Waals surface area contributed by atoms with Gasteiger partial charge in [-0.2, -0.15) is 0 Å². The molecular formula is C23H21FN2O3. The van der Waals surface area contributed by atoms with Gasteiger partial charge in [0.2, 0.25) is 0 Å². The number of pyridine rings is 1. The minimum Gasteiger partial charge on any atom is -0.477 e. The molecule has 4 rings (SSSR count). The largest absolute Gasteiger partial charge is 0.477 e. The Morgan fingerprint density at radius 3 is 2.17 bits per heavy atom. The average Bonchev–Trinajstić information content (AvgIpc) is 2.75. The van der Waals surface area contributed by atoms with E-state index in [-0.39, 0.29) is 11.4 Å². The Bertz CT molecular complexity index is 1080. The van der Waals surface area contributed by atoms with Crippen molar-refractivity contribution < 1.29 is 14.3 Å². The second kappa shape index (κ2) is 7.91. The molecule has 2 heterocycles. The first-order valence-electron chi connectivity index (χ1n) is 9.65. The lowest BCUT2D eigenvalue weighted by Gasteiger charge is -2.29. The lowest BCUT2D eigenvalue weighted by atomic mass is 9.97. The molecule has 1 saturated heterocycles. The topological polar surface area (TPSA) is 73.4 Å². The average molecular weight is 392 g/mol. The van der Waals surface area contributed by atoms with Crippen molar-refractivity contribution in [1.29, 1.82) is 0 Å². The van der Waals surface area contributed by atoms with Gasteiger partial charge in [0, 0.05) is 24.3 Å². The van der Waals surface area contributed by atoms with E-state index in [1.807, 2.05) is 24.3 Å². The Kier molecular flexibility index (Phi) is 5.16. The van der Waals surface area contributed by atoms with Gasteiger partial charge in [-0.25, -0.2) is 9.18 Å². The number of halogens is 1. The van der Waals surface area contributed by atoms with E-state index in [1.54, 1.807) is 12.1 Å². The second-order valence-corrected chi connectivity index (χ2v) is 7.21. The summed E-state index contributed by atoms with van der Waals surface area (Å²) >= 11 is 0. The number of hydrogen-bond acceptors (Lipinski definition) is 3. The number of hydrogen-bond donors (Lipinski definition) is 2. The molecule has 5 nitrogen and oxygen atoms in total. The molecule has 0 radical (unpaired) electrons. The summed E-state index contributed by atoms with van der Waals surface area (Å²) in [5.41, 5.74) is 2.54. The molecule has 2 N–H and O–H groups in total. The van der Waals surface area contributed by atoms with Crippen LogP contribution in [-0.2, 0) is 0 Å². The number of carboxylic acid groups (broad SMARTS) is 1. The number of carboxylic acids is 1. The van der Waals surface area contributed by atoms with E-state index in [1.165, 1.54) is 37.5 Å². The minimum absolute atomic E-state index is 0.349. The first kappa shape index (κ1) is 18.9. The fourth-order valence-corrected chi connectivity index (χ4v) is 3.76. The van der Waals surface area contributed by atoms with Crippen LogP contribution in [0.15, 0.2) is 59.4 Å². The van der Waals surface area contributed by atoms with Gasteiger partial charge in [0.25, 0.3) is 5.56 Å². The Balaban J connectivity index is 1.79. The first-order chi connectivity index (χ1) is 14.0. The van der Waals surface area contributed by atoms with Gasteiger partial charge in [-0.05, 0) is 60.7 Å². The van der Waals surface area contributed by atoms with Gasteiger partial charge in [0.1, 0.15) is 11.4 Å². The second-order valence-electron chi connectivity index (χ2n) is 7.21. The normalized spacial score (nSPS) is 14.0. The van der Waals surface area contributed by atoms with Crippen LogP contribution in [0.4, 0.5) is 10.1 Å². The van der Waals surface area contributed by atoms with E-state index in [9.17, 15) is 19.1 Å². The standard InChI is InChI=1S/C23H21FN2O3/c24-17-8-4-15(5-9-17)19-14-20(23(28)29)22(27)25-21(19)16-6-10-18(11-7-16)26-12-2-1-3-13-26/h4-11,14H,1-3,12-13H2,(H,25,27)(H,28,29). The van der Waals surface area contributed by atoms with Crippen LogP contribution in [0.25, 0.3) is 22.4 Å². The van der Waals surface area contributed by atoms with Crippen LogP contribution in [0.2, 0.25) is 0 Å². The number of aromatic amines is 1. The van der Waals surface area contributed by atoms with Crippen molar-refractivity contribution in [1.82, 2.24) is 4.98 Å². The third-order valence-corrected chi connectivity index (χ3v) is 5.30. The fraction of sp³-hybridized carbons (Fsp3) is 0.217. The molecule has 6 heteroatoms. The monoisotopic (exact) mass is 392 g/mol. The molecule has 0 atom stereocenters. The van der Waals surface area contributed by atoms with E-state index in [0.717, 1.165) is 24.3 Å². The quantitative estimate of drug-likeness (QED) is 0.684. The Morgan fingerprint density at radius 1 is 0.931 bits per heavy atom. The molecule has 2 aromatic carbocycles. The summed E-state index contributed by atoms with van der Waals surface area (Å²) in [4.78, 5) is 28.8. The molecule has 0 amide bonds. The highest BCUT2D eigenvalue weighted by Gasteiger charge is 2.17. The predicted octanol–water partition coefficient (Wildman–Crippen LogP) is 4.54. The molecule has 0 unspecified atom stereocenters. The van der Waals surface area contributed by atoms with Crippen LogP contribution in [0.5, 0.6) is 0 Å².